The molecule has 0 aromatic heterocycles. The summed E-state index contributed by atoms with van der Waals surface area (Å²) in [5, 5.41) is 5.91. The summed E-state index contributed by atoms with van der Waals surface area (Å²) in [5.41, 5.74) is 2.20. The van der Waals surface area contributed by atoms with Crippen LogP contribution in [0.25, 0.3) is 0 Å². The second kappa shape index (κ2) is 17.4. The Kier molecular flexibility index (Phi) is 15.5. The van der Waals surface area contributed by atoms with Gasteiger partial charge in [0.25, 0.3) is 0 Å². The first-order valence-corrected chi connectivity index (χ1v) is 15.5. The third kappa shape index (κ3) is 11.7. The number of nitrogens with one attached hydrogen (secondary N) is 2. The average Bonchev–Trinajstić information content (AvgIpc) is 2.84. The molecular formula is C30H51N3O4S. The summed E-state index contributed by atoms with van der Waals surface area (Å²) in [6.45, 7) is 14.6. The Balaban J connectivity index is 3.48. The molecule has 0 aliphatic rings. The zero-order valence-corrected chi connectivity index (χ0v) is 25.8. The first-order chi connectivity index (χ1) is 18.0. The number of benzene rings is 1. The molecule has 2 unspecified atom stereocenters. The Morgan fingerprint density at radius 2 is 1.68 bits per heavy atom. The van der Waals surface area contributed by atoms with Crippen molar-refractivity contribution in [3.63, 3.8) is 0 Å². The van der Waals surface area contributed by atoms with Crippen LogP contribution in [0.5, 0.6) is 0 Å². The molecule has 216 valence electrons. The summed E-state index contributed by atoms with van der Waals surface area (Å²) < 4.78 is 5.47. The van der Waals surface area contributed by atoms with Crippen molar-refractivity contribution in [1.29, 1.82) is 0 Å². The van der Waals surface area contributed by atoms with E-state index in [1.165, 1.54) is 0 Å². The molecule has 0 heterocycles. The SMILES string of the molecule is CCCCCNC(=O)C(c1cccc(C)c1C)N(CCCCC)C(=O)C(CCSC)NC(=O)OC(C)(C)C. The van der Waals surface area contributed by atoms with E-state index in [2.05, 4.69) is 24.5 Å². The van der Waals surface area contributed by atoms with Crippen LogP contribution in [0, 0.1) is 13.8 Å². The maximum Gasteiger partial charge on any atom is 0.408 e. The van der Waals surface area contributed by atoms with Gasteiger partial charge in [-0.3, -0.25) is 9.59 Å². The number of amides is 3. The fourth-order valence-corrected chi connectivity index (χ4v) is 4.72. The number of alkyl carbamates (subject to hydrolysis) is 1. The number of rotatable bonds is 16. The second-order valence-corrected chi connectivity index (χ2v) is 11.9. The fourth-order valence-electron chi connectivity index (χ4n) is 4.25. The van der Waals surface area contributed by atoms with Crippen molar-refractivity contribution in [1.82, 2.24) is 15.5 Å². The molecular weight excluding hydrogens is 498 g/mol. The minimum Gasteiger partial charge on any atom is -0.444 e. The zero-order chi connectivity index (χ0) is 28.7. The van der Waals surface area contributed by atoms with Crippen LogP contribution in [0.15, 0.2) is 18.2 Å². The van der Waals surface area contributed by atoms with Crippen molar-refractivity contribution in [2.45, 2.75) is 111 Å². The molecule has 0 spiro atoms. The molecule has 2 atom stereocenters. The molecule has 1 aromatic carbocycles. The summed E-state index contributed by atoms with van der Waals surface area (Å²) in [6, 6.07) is 4.33. The molecule has 0 saturated heterocycles. The monoisotopic (exact) mass is 549 g/mol. The summed E-state index contributed by atoms with van der Waals surface area (Å²) in [5.74, 6) is 0.253. The van der Waals surface area contributed by atoms with Crippen molar-refractivity contribution in [3.8, 4) is 0 Å². The van der Waals surface area contributed by atoms with Crippen molar-refractivity contribution in [2.24, 2.45) is 0 Å². The van der Waals surface area contributed by atoms with E-state index in [0.29, 0.717) is 25.3 Å². The molecule has 1 rings (SSSR count). The van der Waals surface area contributed by atoms with Crippen LogP contribution in [-0.4, -0.2) is 59.5 Å². The van der Waals surface area contributed by atoms with Crippen molar-refractivity contribution in [2.75, 3.05) is 25.1 Å². The lowest BCUT2D eigenvalue weighted by Crippen LogP contribution is -2.53. The van der Waals surface area contributed by atoms with Gasteiger partial charge in [-0.2, -0.15) is 11.8 Å². The standard InChI is InChI=1S/C30H51N3O4S/c1-9-11-13-19-31-27(34)26(24-17-15-16-22(3)23(24)4)33(20-14-12-10-2)28(35)25(18-21-38-8)32-29(36)37-30(5,6)7/h15-17,25-26H,9-14,18-21H2,1-8H3,(H,31,34)(H,32,36). The summed E-state index contributed by atoms with van der Waals surface area (Å²) in [7, 11) is 0. The maximum absolute atomic E-state index is 14.2. The average molecular weight is 550 g/mol. The molecule has 0 bridgehead atoms. The van der Waals surface area contributed by atoms with Gasteiger partial charge >= 0.3 is 6.09 Å². The van der Waals surface area contributed by atoms with Crippen LogP contribution >= 0.6 is 11.8 Å². The Morgan fingerprint density at radius 1 is 1.03 bits per heavy atom. The lowest BCUT2D eigenvalue weighted by atomic mass is 9.94. The minimum absolute atomic E-state index is 0.180. The molecule has 8 heteroatoms. The van der Waals surface area contributed by atoms with Crippen LogP contribution < -0.4 is 10.6 Å². The highest BCUT2D eigenvalue weighted by atomic mass is 32.2. The molecule has 0 fully saturated rings. The number of hydrogen-bond acceptors (Lipinski definition) is 5. The van der Waals surface area contributed by atoms with Crippen molar-refractivity contribution in [3.05, 3.63) is 34.9 Å². The molecule has 0 aliphatic heterocycles. The van der Waals surface area contributed by atoms with Gasteiger partial charge < -0.3 is 20.3 Å². The second-order valence-electron chi connectivity index (χ2n) is 10.9. The van der Waals surface area contributed by atoms with E-state index in [1.54, 1.807) is 37.4 Å². The summed E-state index contributed by atoms with van der Waals surface area (Å²) in [6.07, 6.45) is 7.48. The molecule has 7 nitrogen and oxygen atoms in total. The van der Waals surface area contributed by atoms with Crippen LogP contribution in [0.4, 0.5) is 4.79 Å². The van der Waals surface area contributed by atoms with E-state index in [1.807, 2.05) is 38.3 Å². The smallest absolute Gasteiger partial charge is 0.408 e. The van der Waals surface area contributed by atoms with Gasteiger partial charge in [-0.1, -0.05) is 57.7 Å². The van der Waals surface area contributed by atoms with E-state index in [-0.39, 0.29) is 11.8 Å². The van der Waals surface area contributed by atoms with E-state index in [4.69, 9.17) is 4.74 Å². The highest BCUT2D eigenvalue weighted by Gasteiger charge is 2.36. The number of aryl methyl sites for hydroxylation is 1. The molecule has 38 heavy (non-hydrogen) atoms. The number of unbranched alkanes of at least 4 members (excludes halogenated alkanes) is 4. The van der Waals surface area contributed by atoms with E-state index in [0.717, 1.165) is 55.2 Å². The molecule has 3 amide bonds. The lowest BCUT2D eigenvalue weighted by molar-refractivity contribution is -0.142. The Labute approximate surface area is 235 Å². The maximum atomic E-state index is 14.2. The number of thioether (sulfide) groups is 1. The third-order valence-corrected chi connectivity index (χ3v) is 7.11. The van der Waals surface area contributed by atoms with Gasteiger partial charge in [-0.15, -0.1) is 0 Å². The topological polar surface area (TPSA) is 87.7 Å². The zero-order valence-electron chi connectivity index (χ0n) is 24.9. The summed E-state index contributed by atoms with van der Waals surface area (Å²) in [4.78, 5) is 42.4. The quantitative estimate of drug-likeness (QED) is 0.236. The van der Waals surface area contributed by atoms with Crippen molar-refractivity contribution >= 4 is 29.7 Å². The number of nitrogens with zero attached hydrogens (tertiary/aromatic N) is 1. The normalized spacial score (nSPS) is 12.9. The highest BCUT2D eigenvalue weighted by Crippen LogP contribution is 2.28. The molecule has 2 N–H and O–H groups in total. The van der Waals surface area contributed by atoms with Crippen LogP contribution in [-0.2, 0) is 14.3 Å². The third-order valence-electron chi connectivity index (χ3n) is 6.47. The van der Waals surface area contributed by atoms with E-state index < -0.39 is 23.8 Å². The van der Waals surface area contributed by atoms with Crippen LogP contribution in [0.2, 0.25) is 0 Å². The number of ether oxygens (including phenoxy) is 1. The predicted octanol–water partition coefficient (Wildman–Crippen LogP) is 6.32. The predicted molar refractivity (Wildman–Crippen MR) is 159 cm³/mol. The van der Waals surface area contributed by atoms with Gasteiger partial charge in [0.2, 0.25) is 11.8 Å². The highest BCUT2D eigenvalue weighted by molar-refractivity contribution is 7.98. The molecule has 1 aromatic rings. The van der Waals surface area contributed by atoms with Gasteiger partial charge in [0.05, 0.1) is 0 Å². The minimum atomic E-state index is -0.792. The Morgan fingerprint density at radius 3 is 2.29 bits per heavy atom. The number of hydrogen-bond donors (Lipinski definition) is 2. The number of carbonyl (C=O) groups excluding carboxylic acids is 3. The Bertz CT molecular complexity index is 885. The fraction of sp³-hybridized carbons (Fsp3) is 0.700. The molecule has 0 radical (unpaired) electrons. The molecule has 0 saturated carbocycles. The van der Waals surface area contributed by atoms with Crippen LogP contribution in [0.3, 0.4) is 0 Å². The Hall–Kier alpha value is -2.22. The van der Waals surface area contributed by atoms with Gasteiger partial charge in [-0.25, -0.2) is 4.79 Å². The number of carbonyl (C=O) groups is 3. The largest absolute Gasteiger partial charge is 0.444 e. The first kappa shape index (κ1) is 33.8. The van der Waals surface area contributed by atoms with Crippen molar-refractivity contribution < 1.29 is 19.1 Å². The van der Waals surface area contributed by atoms with Gasteiger partial charge in [0.15, 0.2) is 0 Å². The van der Waals surface area contributed by atoms with Gasteiger partial charge in [0.1, 0.15) is 17.7 Å². The summed E-state index contributed by atoms with van der Waals surface area (Å²) >= 11 is 1.61. The van der Waals surface area contributed by atoms with Gasteiger partial charge in [-0.05, 0) is 82.6 Å². The van der Waals surface area contributed by atoms with Crippen LogP contribution in [0.1, 0.15) is 102 Å². The van der Waals surface area contributed by atoms with E-state index in [9.17, 15) is 14.4 Å². The van der Waals surface area contributed by atoms with Gasteiger partial charge in [0, 0.05) is 13.1 Å². The first-order valence-electron chi connectivity index (χ1n) is 14.1. The van der Waals surface area contributed by atoms with E-state index >= 15 is 0 Å². The molecule has 0 aliphatic carbocycles. The lowest BCUT2D eigenvalue weighted by Gasteiger charge is -2.35.